The molecule has 10 nitrogen and oxygen atoms in total. The van der Waals surface area contributed by atoms with Gasteiger partial charge in [-0.3, -0.25) is 15.0 Å². The van der Waals surface area contributed by atoms with Crippen LogP contribution in [0.2, 0.25) is 0 Å². The Kier molecular flexibility index (Phi) is 7.06. The number of hydrogen-bond donors (Lipinski definition) is 2. The molecule has 0 amide bonds. The van der Waals surface area contributed by atoms with Crippen molar-refractivity contribution < 1.29 is 14.4 Å². The Bertz CT molecular complexity index is 979. The Morgan fingerprint density at radius 2 is 1.67 bits per heavy atom. The standard InChI is InChI=1S/C19H22N6O4.ClH/c1-19(2)23-17(20)22-18(21)24(19)13-5-3-7-15(11-13)28-9-10-29-16-8-4-6-14(12-16)25(26)27;/h3-8,11-12H,9-10H2,1-2H3,(H4,20,21,22,23);1H. The lowest BCUT2D eigenvalue weighted by Crippen LogP contribution is -2.54. The van der Waals surface area contributed by atoms with Crippen LogP contribution in [-0.4, -0.2) is 35.7 Å². The largest absolute Gasteiger partial charge is 0.490 e. The third-order valence-electron chi connectivity index (χ3n) is 4.12. The Morgan fingerprint density at radius 1 is 1.07 bits per heavy atom. The molecule has 4 N–H and O–H groups in total. The molecule has 0 bridgehead atoms. The van der Waals surface area contributed by atoms with Crippen molar-refractivity contribution in [2.24, 2.45) is 21.5 Å². The van der Waals surface area contributed by atoms with Crippen LogP contribution >= 0.6 is 12.4 Å². The molecule has 0 saturated heterocycles. The minimum Gasteiger partial charge on any atom is -0.490 e. The number of non-ortho nitro benzene ring substituents is 1. The van der Waals surface area contributed by atoms with Crippen LogP contribution in [0.25, 0.3) is 0 Å². The van der Waals surface area contributed by atoms with Crippen molar-refractivity contribution in [1.82, 2.24) is 0 Å². The first-order valence-electron chi connectivity index (χ1n) is 8.86. The monoisotopic (exact) mass is 434 g/mol. The molecular formula is C19H23ClN6O4. The van der Waals surface area contributed by atoms with Gasteiger partial charge >= 0.3 is 0 Å². The zero-order valence-electron chi connectivity index (χ0n) is 16.5. The third kappa shape index (κ3) is 5.29. The van der Waals surface area contributed by atoms with Gasteiger partial charge in [0.2, 0.25) is 11.9 Å². The van der Waals surface area contributed by atoms with E-state index in [1.165, 1.54) is 12.1 Å². The van der Waals surface area contributed by atoms with Gasteiger partial charge in [-0.05, 0) is 32.0 Å². The van der Waals surface area contributed by atoms with Crippen LogP contribution in [0.4, 0.5) is 11.4 Å². The fraction of sp³-hybridized carbons (Fsp3) is 0.263. The van der Waals surface area contributed by atoms with Crippen molar-refractivity contribution in [2.45, 2.75) is 19.5 Å². The highest BCUT2D eigenvalue weighted by atomic mass is 35.5. The zero-order chi connectivity index (χ0) is 21.0. The smallest absolute Gasteiger partial charge is 0.273 e. The number of guanidine groups is 2. The van der Waals surface area contributed by atoms with E-state index in [0.717, 1.165) is 5.69 Å². The molecule has 3 rings (SSSR count). The van der Waals surface area contributed by atoms with E-state index in [0.29, 0.717) is 11.5 Å². The lowest BCUT2D eigenvalue weighted by atomic mass is 10.1. The van der Waals surface area contributed by atoms with Gasteiger partial charge in [-0.25, -0.2) is 4.99 Å². The number of ether oxygens (including phenoxy) is 2. The van der Waals surface area contributed by atoms with Crippen molar-refractivity contribution in [3.8, 4) is 11.5 Å². The van der Waals surface area contributed by atoms with Gasteiger partial charge in [-0.1, -0.05) is 12.1 Å². The summed E-state index contributed by atoms with van der Waals surface area (Å²) in [5, 5.41) is 10.8. The van der Waals surface area contributed by atoms with Crippen molar-refractivity contribution in [3.05, 3.63) is 58.6 Å². The number of nitrogens with two attached hydrogens (primary N) is 2. The van der Waals surface area contributed by atoms with Crippen LogP contribution < -0.4 is 25.8 Å². The van der Waals surface area contributed by atoms with E-state index < -0.39 is 10.6 Å². The van der Waals surface area contributed by atoms with Crippen LogP contribution in [0.5, 0.6) is 11.5 Å². The first-order valence-corrected chi connectivity index (χ1v) is 8.86. The maximum Gasteiger partial charge on any atom is 0.273 e. The van der Waals surface area contributed by atoms with Crippen molar-refractivity contribution >= 4 is 35.7 Å². The number of benzene rings is 2. The molecule has 2 aromatic carbocycles. The molecule has 0 fully saturated rings. The van der Waals surface area contributed by atoms with Crippen LogP contribution in [0.1, 0.15) is 13.8 Å². The highest BCUT2D eigenvalue weighted by Crippen LogP contribution is 2.30. The minimum absolute atomic E-state index is 0. The summed E-state index contributed by atoms with van der Waals surface area (Å²) in [6.45, 7) is 4.23. The second-order valence-corrected chi connectivity index (χ2v) is 6.72. The Labute approximate surface area is 179 Å². The van der Waals surface area contributed by atoms with E-state index in [1.807, 2.05) is 32.0 Å². The number of halogens is 1. The second kappa shape index (κ2) is 9.31. The minimum atomic E-state index is -0.695. The highest BCUT2D eigenvalue weighted by molar-refractivity contribution is 6.05. The van der Waals surface area contributed by atoms with Crippen LogP contribution in [0.15, 0.2) is 58.5 Å². The zero-order valence-corrected chi connectivity index (χ0v) is 17.3. The molecule has 0 radical (unpaired) electrons. The molecule has 1 aliphatic rings. The maximum atomic E-state index is 10.8. The average molecular weight is 435 g/mol. The lowest BCUT2D eigenvalue weighted by molar-refractivity contribution is -0.384. The summed E-state index contributed by atoms with van der Waals surface area (Å²) in [5.74, 6) is 1.39. The highest BCUT2D eigenvalue weighted by Gasteiger charge is 2.33. The van der Waals surface area contributed by atoms with Gasteiger partial charge in [0.1, 0.15) is 30.4 Å². The summed E-state index contributed by atoms with van der Waals surface area (Å²) in [5.41, 5.74) is 11.8. The Hall–Kier alpha value is -3.53. The van der Waals surface area contributed by atoms with Gasteiger partial charge < -0.3 is 20.9 Å². The topological polar surface area (TPSA) is 142 Å². The first kappa shape index (κ1) is 22.8. The summed E-state index contributed by atoms with van der Waals surface area (Å²) >= 11 is 0. The van der Waals surface area contributed by atoms with Crippen LogP contribution in [0, 0.1) is 10.1 Å². The Morgan fingerprint density at radius 3 is 2.27 bits per heavy atom. The van der Waals surface area contributed by atoms with Crippen molar-refractivity contribution in [1.29, 1.82) is 0 Å². The number of nitro benzene ring substituents is 1. The summed E-state index contributed by atoms with van der Waals surface area (Å²) in [6, 6.07) is 13.3. The number of nitro groups is 1. The number of anilines is 1. The molecule has 0 atom stereocenters. The summed E-state index contributed by atoms with van der Waals surface area (Å²) in [7, 11) is 0. The molecule has 0 saturated carbocycles. The predicted molar refractivity (Wildman–Crippen MR) is 118 cm³/mol. The van der Waals surface area contributed by atoms with Crippen LogP contribution in [-0.2, 0) is 0 Å². The van der Waals surface area contributed by atoms with Gasteiger partial charge in [-0.2, -0.15) is 4.99 Å². The number of aliphatic imine (C=N–C) groups is 2. The average Bonchev–Trinajstić information content (AvgIpc) is 2.64. The molecule has 160 valence electrons. The van der Waals surface area contributed by atoms with E-state index in [1.54, 1.807) is 23.1 Å². The van der Waals surface area contributed by atoms with Crippen molar-refractivity contribution in [3.63, 3.8) is 0 Å². The van der Waals surface area contributed by atoms with Gasteiger partial charge in [0, 0.05) is 17.8 Å². The quantitative estimate of drug-likeness (QED) is 0.387. The molecule has 1 aliphatic heterocycles. The van der Waals surface area contributed by atoms with Gasteiger partial charge in [0.25, 0.3) is 5.69 Å². The number of hydrogen-bond acceptors (Lipinski definition) is 9. The normalized spacial score (nSPS) is 14.8. The van der Waals surface area contributed by atoms with E-state index in [2.05, 4.69) is 9.98 Å². The number of nitrogens with zero attached hydrogens (tertiary/aromatic N) is 4. The van der Waals surface area contributed by atoms with Gasteiger partial charge in [-0.15, -0.1) is 12.4 Å². The summed E-state index contributed by atoms with van der Waals surface area (Å²) < 4.78 is 11.3. The molecule has 0 aromatic heterocycles. The van der Waals surface area contributed by atoms with Crippen molar-refractivity contribution in [2.75, 3.05) is 18.1 Å². The summed E-state index contributed by atoms with van der Waals surface area (Å²) in [4.78, 5) is 20.5. The van der Waals surface area contributed by atoms with E-state index in [9.17, 15) is 10.1 Å². The summed E-state index contributed by atoms with van der Waals surface area (Å²) in [6.07, 6.45) is 0. The molecule has 2 aromatic rings. The second-order valence-electron chi connectivity index (χ2n) is 6.72. The molecule has 0 spiro atoms. The van der Waals surface area contributed by atoms with Gasteiger partial charge in [0.05, 0.1) is 11.0 Å². The molecule has 0 unspecified atom stereocenters. The molecule has 30 heavy (non-hydrogen) atoms. The fourth-order valence-electron chi connectivity index (χ4n) is 2.97. The van der Waals surface area contributed by atoms with E-state index in [-0.39, 0.29) is 43.2 Å². The molecule has 11 heteroatoms. The van der Waals surface area contributed by atoms with E-state index in [4.69, 9.17) is 20.9 Å². The lowest BCUT2D eigenvalue weighted by Gasteiger charge is -2.38. The molecule has 0 aliphatic carbocycles. The van der Waals surface area contributed by atoms with Crippen LogP contribution in [0.3, 0.4) is 0 Å². The molecule has 1 heterocycles. The first-order chi connectivity index (χ1) is 13.8. The maximum absolute atomic E-state index is 10.8. The van der Waals surface area contributed by atoms with E-state index >= 15 is 0 Å². The predicted octanol–water partition coefficient (Wildman–Crippen LogP) is 2.66. The fourth-order valence-corrected chi connectivity index (χ4v) is 2.97. The SMILES string of the molecule is CC1(C)N=C(N)N=C(N)N1c1cccc(OCCOc2cccc([N+](=O)[O-])c2)c1.Cl. The van der Waals surface area contributed by atoms with Gasteiger partial charge in [0.15, 0.2) is 0 Å². The molecular weight excluding hydrogens is 412 g/mol. The third-order valence-corrected chi connectivity index (χ3v) is 4.12. The number of rotatable bonds is 7. The Balaban J connectivity index is 0.00000320.